The number of hydrogen-bond donors (Lipinski definition) is 1. The summed E-state index contributed by atoms with van der Waals surface area (Å²) in [6.07, 6.45) is 0. The van der Waals surface area contributed by atoms with E-state index in [9.17, 15) is 9.59 Å². The van der Waals surface area contributed by atoms with Gasteiger partial charge in [-0.2, -0.15) is 5.10 Å². The maximum Gasteiger partial charge on any atom is 0.274 e. The SMILES string of the molecule is CN1CCN(C(=O)c2ccc(=O)[nH]n2)[C@H](c2ccccc2)C1. The van der Waals surface area contributed by atoms with E-state index < -0.39 is 0 Å². The zero-order chi connectivity index (χ0) is 15.5. The smallest absolute Gasteiger partial charge is 0.274 e. The first-order valence-corrected chi connectivity index (χ1v) is 7.25. The number of H-pyrrole nitrogens is 1. The normalized spacial score (nSPS) is 19.1. The minimum atomic E-state index is -0.311. The van der Waals surface area contributed by atoms with Gasteiger partial charge in [0.25, 0.3) is 11.5 Å². The van der Waals surface area contributed by atoms with Gasteiger partial charge in [-0.3, -0.25) is 9.59 Å². The zero-order valence-corrected chi connectivity index (χ0v) is 12.4. The van der Waals surface area contributed by atoms with Gasteiger partial charge in [0.05, 0.1) is 6.04 Å². The second kappa shape index (κ2) is 6.11. The molecule has 0 unspecified atom stereocenters. The molecule has 0 bridgehead atoms. The third kappa shape index (κ3) is 2.92. The number of amides is 1. The number of benzene rings is 1. The van der Waals surface area contributed by atoms with Gasteiger partial charge in [0, 0.05) is 25.7 Å². The summed E-state index contributed by atoms with van der Waals surface area (Å²) in [5.41, 5.74) is 1.06. The summed E-state index contributed by atoms with van der Waals surface area (Å²) in [5, 5.41) is 6.18. The Labute approximate surface area is 128 Å². The van der Waals surface area contributed by atoms with Crippen molar-refractivity contribution in [1.29, 1.82) is 0 Å². The molecule has 114 valence electrons. The molecule has 0 aliphatic carbocycles. The summed E-state index contributed by atoms with van der Waals surface area (Å²) in [6.45, 7) is 2.23. The maximum atomic E-state index is 12.7. The summed E-state index contributed by atoms with van der Waals surface area (Å²) in [5.74, 6) is -0.154. The van der Waals surface area contributed by atoms with E-state index in [-0.39, 0.29) is 23.2 Å². The Bertz CT molecular complexity index is 693. The third-order valence-corrected chi connectivity index (χ3v) is 3.93. The van der Waals surface area contributed by atoms with E-state index in [4.69, 9.17) is 0 Å². The number of aromatic amines is 1. The van der Waals surface area contributed by atoms with Gasteiger partial charge < -0.3 is 9.80 Å². The molecule has 2 heterocycles. The van der Waals surface area contributed by atoms with E-state index in [2.05, 4.69) is 22.1 Å². The highest BCUT2D eigenvalue weighted by molar-refractivity contribution is 5.92. The predicted octanol–water partition coefficient (Wildman–Crippen LogP) is 0.899. The highest BCUT2D eigenvalue weighted by Gasteiger charge is 2.31. The molecule has 1 aliphatic rings. The van der Waals surface area contributed by atoms with E-state index in [1.165, 1.54) is 12.1 Å². The topological polar surface area (TPSA) is 69.3 Å². The van der Waals surface area contributed by atoms with Crippen LogP contribution >= 0.6 is 0 Å². The van der Waals surface area contributed by atoms with Crippen LogP contribution in [0.3, 0.4) is 0 Å². The monoisotopic (exact) mass is 298 g/mol. The van der Waals surface area contributed by atoms with Crippen LogP contribution in [0.25, 0.3) is 0 Å². The lowest BCUT2D eigenvalue weighted by Gasteiger charge is -2.40. The summed E-state index contributed by atoms with van der Waals surface area (Å²) in [7, 11) is 2.05. The molecule has 0 saturated carbocycles. The Hall–Kier alpha value is -2.47. The lowest BCUT2D eigenvalue weighted by Crippen LogP contribution is -2.49. The van der Waals surface area contributed by atoms with Gasteiger partial charge in [-0.15, -0.1) is 0 Å². The molecule has 6 nitrogen and oxygen atoms in total. The number of aromatic nitrogens is 2. The van der Waals surface area contributed by atoms with Gasteiger partial charge in [0.15, 0.2) is 0 Å². The number of likely N-dealkylation sites (N-methyl/N-ethyl adjacent to an activating group) is 1. The zero-order valence-electron chi connectivity index (χ0n) is 12.4. The average molecular weight is 298 g/mol. The fraction of sp³-hybridized carbons (Fsp3) is 0.312. The molecule has 1 aromatic heterocycles. The molecule has 1 aromatic carbocycles. The molecule has 1 atom stereocenters. The van der Waals surface area contributed by atoms with E-state index in [1.54, 1.807) is 0 Å². The first kappa shape index (κ1) is 14.5. The first-order valence-electron chi connectivity index (χ1n) is 7.25. The van der Waals surface area contributed by atoms with Crippen molar-refractivity contribution < 1.29 is 4.79 Å². The molecular formula is C16H18N4O2. The number of carbonyl (C=O) groups excluding carboxylic acids is 1. The Morgan fingerprint density at radius 1 is 1.18 bits per heavy atom. The molecule has 1 saturated heterocycles. The van der Waals surface area contributed by atoms with Crippen molar-refractivity contribution in [1.82, 2.24) is 20.0 Å². The van der Waals surface area contributed by atoms with Crippen molar-refractivity contribution in [2.24, 2.45) is 0 Å². The quantitative estimate of drug-likeness (QED) is 0.894. The lowest BCUT2D eigenvalue weighted by molar-refractivity contribution is 0.0491. The second-order valence-electron chi connectivity index (χ2n) is 5.49. The number of rotatable bonds is 2. The third-order valence-electron chi connectivity index (χ3n) is 3.93. The Balaban J connectivity index is 1.90. The fourth-order valence-corrected chi connectivity index (χ4v) is 2.73. The van der Waals surface area contributed by atoms with Gasteiger partial charge in [0.2, 0.25) is 0 Å². The van der Waals surface area contributed by atoms with Crippen LogP contribution in [0.2, 0.25) is 0 Å². The standard InChI is InChI=1S/C16H18N4O2/c1-19-9-10-20(14(11-19)12-5-3-2-4-6-12)16(22)13-7-8-15(21)18-17-13/h2-8,14H,9-11H2,1H3,(H,18,21)/t14-/m0/s1. The Kier molecular flexibility index (Phi) is 4.02. The van der Waals surface area contributed by atoms with Crippen LogP contribution in [-0.2, 0) is 0 Å². The molecule has 22 heavy (non-hydrogen) atoms. The molecular weight excluding hydrogens is 280 g/mol. The van der Waals surface area contributed by atoms with Crippen LogP contribution in [0.4, 0.5) is 0 Å². The molecule has 1 N–H and O–H groups in total. The molecule has 3 rings (SSSR count). The van der Waals surface area contributed by atoms with Gasteiger partial charge in [0.1, 0.15) is 5.69 Å². The number of hydrogen-bond acceptors (Lipinski definition) is 4. The second-order valence-corrected chi connectivity index (χ2v) is 5.49. The average Bonchev–Trinajstić information content (AvgIpc) is 2.56. The number of nitrogens with zero attached hydrogens (tertiary/aromatic N) is 3. The Morgan fingerprint density at radius 2 is 1.95 bits per heavy atom. The summed E-state index contributed by atoms with van der Waals surface area (Å²) in [6, 6.07) is 12.8. The van der Waals surface area contributed by atoms with E-state index in [0.717, 1.165) is 18.7 Å². The van der Waals surface area contributed by atoms with Crippen LogP contribution < -0.4 is 5.56 Å². The largest absolute Gasteiger partial charge is 0.328 e. The molecule has 1 amide bonds. The lowest BCUT2D eigenvalue weighted by atomic mass is 10.0. The van der Waals surface area contributed by atoms with Crippen molar-refractivity contribution in [3.8, 4) is 0 Å². The minimum Gasteiger partial charge on any atom is -0.328 e. The molecule has 0 radical (unpaired) electrons. The van der Waals surface area contributed by atoms with Crippen LogP contribution in [0.5, 0.6) is 0 Å². The first-order chi connectivity index (χ1) is 10.6. The highest BCUT2D eigenvalue weighted by atomic mass is 16.2. The van der Waals surface area contributed by atoms with Crippen molar-refractivity contribution in [2.75, 3.05) is 26.7 Å². The Morgan fingerprint density at radius 3 is 2.64 bits per heavy atom. The van der Waals surface area contributed by atoms with Gasteiger partial charge >= 0.3 is 0 Å². The van der Waals surface area contributed by atoms with Crippen LogP contribution in [0.15, 0.2) is 47.3 Å². The molecule has 1 aliphatic heterocycles. The van der Waals surface area contributed by atoms with Gasteiger partial charge in [-0.1, -0.05) is 30.3 Å². The number of carbonyl (C=O) groups is 1. The van der Waals surface area contributed by atoms with E-state index in [1.807, 2.05) is 35.2 Å². The van der Waals surface area contributed by atoms with Gasteiger partial charge in [-0.05, 0) is 18.7 Å². The van der Waals surface area contributed by atoms with Crippen LogP contribution in [0.1, 0.15) is 22.1 Å². The maximum absolute atomic E-state index is 12.7. The van der Waals surface area contributed by atoms with Gasteiger partial charge in [-0.25, -0.2) is 5.10 Å². The minimum absolute atomic E-state index is 0.0128. The van der Waals surface area contributed by atoms with E-state index in [0.29, 0.717) is 6.54 Å². The molecule has 0 spiro atoms. The van der Waals surface area contributed by atoms with E-state index >= 15 is 0 Å². The number of piperazine rings is 1. The summed E-state index contributed by atoms with van der Waals surface area (Å²) >= 11 is 0. The molecule has 2 aromatic rings. The summed E-state index contributed by atoms with van der Waals surface area (Å²) < 4.78 is 0. The van der Waals surface area contributed by atoms with Crippen molar-refractivity contribution in [3.05, 3.63) is 64.1 Å². The van der Waals surface area contributed by atoms with Crippen LogP contribution in [0, 0.1) is 0 Å². The summed E-state index contributed by atoms with van der Waals surface area (Å²) in [4.78, 5) is 27.9. The molecule has 1 fully saturated rings. The van der Waals surface area contributed by atoms with Crippen molar-refractivity contribution in [3.63, 3.8) is 0 Å². The van der Waals surface area contributed by atoms with Crippen molar-refractivity contribution >= 4 is 5.91 Å². The molecule has 6 heteroatoms. The highest BCUT2D eigenvalue weighted by Crippen LogP contribution is 2.25. The van der Waals surface area contributed by atoms with Crippen LogP contribution in [-0.4, -0.2) is 52.6 Å². The number of nitrogens with one attached hydrogen (secondary N) is 1. The fourth-order valence-electron chi connectivity index (χ4n) is 2.73. The van der Waals surface area contributed by atoms with Crippen molar-refractivity contribution in [2.45, 2.75) is 6.04 Å². The predicted molar refractivity (Wildman–Crippen MR) is 82.6 cm³/mol.